The summed E-state index contributed by atoms with van der Waals surface area (Å²) in [6, 6.07) is 9.95. The Morgan fingerprint density at radius 1 is 1.17 bits per heavy atom. The molecule has 1 aromatic rings. The van der Waals surface area contributed by atoms with Crippen molar-refractivity contribution < 1.29 is 9.84 Å². The summed E-state index contributed by atoms with van der Waals surface area (Å²) in [5, 5.41) is 10.1. The van der Waals surface area contributed by atoms with Crippen molar-refractivity contribution in [3.63, 3.8) is 0 Å². The maximum Gasteiger partial charge on any atom is 0.0716 e. The van der Waals surface area contributed by atoms with Crippen LogP contribution in [-0.2, 0) is 11.3 Å². The first-order chi connectivity index (χ1) is 5.93. The van der Waals surface area contributed by atoms with Gasteiger partial charge in [0.15, 0.2) is 0 Å². The summed E-state index contributed by atoms with van der Waals surface area (Å²) in [5.74, 6) is 0. The van der Waals surface area contributed by atoms with Gasteiger partial charge in [-0.25, -0.2) is 0 Å². The zero-order chi connectivity index (χ0) is 8.65. The molecule has 0 heterocycles. The Kier molecular flexibility index (Phi) is 4.42. The van der Waals surface area contributed by atoms with Crippen molar-refractivity contribution in [3.8, 4) is 0 Å². The summed E-state index contributed by atoms with van der Waals surface area (Å²) in [5.41, 5.74) is 1.16. The average molecular weight is 165 g/mol. The zero-order valence-corrected chi connectivity index (χ0v) is 7.03. The van der Waals surface area contributed by atoms with E-state index in [-0.39, 0.29) is 6.61 Å². The second kappa shape index (κ2) is 5.75. The summed E-state index contributed by atoms with van der Waals surface area (Å²) >= 11 is 0. The van der Waals surface area contributed by atoms with E-state index in [1.807, 2.05) is 30.3 Å². The van der Waals surface area contributed by atoms with Crippen LogP contribution in [0.4, 0.5) is 0 Å². The maximum absolute atomic E-state index is 10.1. The zero-order valence-electron chi connectivity index (χ0n) is 7.03. The molecule has 0 unspecified atom stereocenters. The van der Waals surface area contributed by atoms with Crippen LogP contribution in [0.2, 0.25) is 0 Å². The van der Waals surface area contributed by atoms with Crippen LogP contribution < -0.4 is 5.11 Å². The Morgan fingerprint density at radius 3 is 2.58 bits per heavy atom. The van der Waals surface area contributed by atoms with Gasteiger partial charge in [-0.1, -0.05) is 30.3 Å². The van der Waals surface area contributed by atoms with Crippen LogP contribution in [0.15, 0.2) is 30.3 Å². The summed E-state index contributed by atoms with van der Waals surface area (Å²) < 4.78 is 5.26. The summed E-state index contributed by atoms with van der Waals surface area (Å²) in [7, 11) is 0. The van der Waals surface area contributed by atoms with Crippen molar-refractivity contribution in [1.29, 1.82) is 0 Å². The lowest BCUT2D eigenvalue weighted by Crippen LogP contribution is -2.08. The van der Waals surface area contributed by atoms with Crippen LogP contribution in [-0.4, -0.2) is 13.2 Å². The number of hydrogen-bond donors (Lipinski definition) is 0. The number of ether oxygens (including phenoxy) is 1. The van der Waals surface area contributed by atoms with E-state index in [1.165, 1.54) is 0 Å². The molecule has 0 aliphatic rings. The minimum Gasteiger partial charge on any atom is -0.854 e. The quantitative estimate of drug-likeness (QED) is 0.608. The lowest BCUT2D eigenvalue weighted by molar-refractivity contribution is -0.369. The topological polar surface area (TPSA) is 32.3 Å². The van der Waals surface area contributed by atoms with E-state index in [0.717, 1.165) is 5.56 Å². The SMILES string of the molecule is [O-]CCCOCc1ccccc1. The van der Waals surface area contributed by atoms with Gasteiger partial charge in [0.25, 0.3) is 0 Å². The molecule has 0 atom stereocenters. The molecule has 1 aromatic carbocycles. The second-order valence-corrected chi connectivity index (χ2v) is 2.60. The number of hydrogen-bond acceptors (Lipinski definition) is 2. The number of rotatable bonds is 5. The average Bonchev–Trinajstić information content (AvgIpc) is 2.14. The fourth-order valence-corrected chi connectivity index (χ4v) is 0.925. The highest BCUT2D eigenvalue weighted by atomic mass is 16.5. The third kappa shape index (κ3) is 3.51. The Morgan fingerprint density at radius 2 is 1.92 bits per heavy atom. The molecule has 66 valence electrons. The molecule has 0 spiro atoms. The second-order valence-electron chi connectivity index (χ2n) is 2.60. The first-order valence-corrected chi connectivity index (χ1v) is 4.13. The molecule has 0 aliphatic carbocycles. The van der Waals surface area contributed by atoms with Gasteiger partial charge in [0.05, 0.1) is 6.61 Å². The number of benzene rings is 1. The molecule has 2 heteroatoms. The Balaban J connectivity index is 2.16. The van der Waals surface area contributed by atoms with Crippen LogP contribution in [0, 0.1) is 0 Å². The van der Waals surface area contributed by atoms with Crippen molar-refractivity contribution in [1.82, 2.24) is 0 Å². The van der Waals surface area contributed by atoms with Crippen molar-refractivity contribution in [2.24, 2.45) is 0 Å². The van der Waals surface area contributed by atoms with Gasteiger partial charge >= 0.3 is 0 Å². The van der Waals surface area contributed by atoms with Crippen LogP contribution >= 0.6 is 0 Å². The molecule has 1 rings (SSSR count). The van der Waals surface area contributed by atoms with E-state index in [4.69, 9.17) is 4.74 Å². The minimum atomic E-state index is -0.0468. The predicted octanol–water partition coefficient (Wildman–Crippen LogP) is 0.954. The van der Waals surface area contributed by atoms with E-state index in [9.17, 15) is 5.11 Å². The molecule has 0 saturated heterocycles. The van der Waals surface area contributed by atoms with Crippen molar-refractivity contribution in [3.05, 3.63) is 35.9 Å². The van der Waals surface area contributed by atoms with Crippen LogP contribution in [0.25, 0.3) is 0 Å². The Labute approximate surface area is 72.8 Å². The first-order valence-electron chi connectivity index (χ1n) is 4.13. The lowest BCUT2D eigenvalue weighted by Gasteiger charge is -2.05. The molecule has 0 aromatic heterocycles. The molecule has 0 N–H and O–H groups in total. The van der Waals surface area contributed by atoms with Crippen molar-refractivity contribution in [2.45, 2.75) is 13.0 Å². The molecule has 0 amide bonds. The molecule has 0 aliphatic heterocycles. The van der Waals surface area contributed by atoms with Crippen molar-refractivity contribution in [2.75, 3.05) is 13.2 Å². The normalized spacial score (nSPS) is 10.1. The van der Waals surface area contributed by atoms with Crippen LogP contribution in [0.3, 0.4) is 0 Å². The predicted molar refractivity (Wildman–Crippen MR) is 45.6 cm³/mol. The Hall–Kier alpha value is -0.860. The lowest BCUT2D eigenvalue weighted by atomic mass is 10.2. The highest BCUT2D eigenvalue weighted by Crippen LogP contribution is 2.00. The van der Waals surface area contributed by atoms with Gasteiger partial charge in [-0.3, -0.25) is 0 Å². The van der Waals surface area contributed by atoms with Gasteiger partial charge < -0.3 is 9.84 Å². The smallest absolute Gasteiger partial charge is 0.0716 e. The third-order valence-corrected chi connectivity index (χ3v) is 1.54. The third-order valence-electron chi connectivity index (χ3n) is 1.54. The Bertz CT molecular complexity index is 196. The minimum absolute atomic E-state index is 0.0468. The van der Waals surface area contributed by atoms with Gasteiger partial charge in [0.2, 0.25) is 0 Å². The highest BCUT2D eigenvalue weighted by molar-refractivity contribution is 5.13. The molecule has 2 nitrogen and oxygen atoms in total. The molecule has 12 heavy (non-hydrogen) atoms. The highest BCUT2D eigenvalue weighted by Gasteiger charge is 1.89. The van der Waals surface area contributed by atoms with Gasteiger partial charge in [-0.05, 0) is 12.0 Å². The summed E-state index contributed by atoms with van der Waals surface area (Å²) in [4.78, 5) is 0. The van der Waals surface area contributed by atoms with Gasteiger partial charge in [-0.2, -0.15) is 0 Å². The molecule has 0 fully saturated rings. The largest absolute Gasteiger partial charge is 0.854 e. The van der Waals surface area contributed by atoms with E-state index < -0.39 is 0 Å². The van der Waals surface area contributed by atoms with E-state index >= 15 is 0 Å². The van der Waals surface area contributed by atoms with E-state index in [1.54, 1.807) is 0 Å². The molecule has 0 radical (unpaired) electrons. The fourth-order valence-electron chi connectivity index (χ4n) is 0.925. The van der Waals surface area contributed by atoms with Gasteiger partial charge in [0, 0.05) is 6.61 Å². The van der Waals surface area contributed by atoms with Gasteiger partial charge in [0.1, 0.15) is 0 Å². The van der Waals surface area contributed by atoms with Crippen molar-refractivity contribution >= 4 is 0 Å². The van der Waals surface area contributed by atoms with Crippen LogP contribution in [0.5, 0.6) is 0 Å². The van der Waals surface area contributed by atoms with Crippen LogP contribution in [0.1, 0.15) is 12.0 Å². The van der Waals surface area contributed by atoms with E-state index in [0.29, 0.717) is 19.6 Å². The van der Waals surface area contributed by atoms with E-state index in [2.05, 4.69) is 0 Å². The van der Waals surface area contributed by atoms with Gasteiger partial charge in [-0.15, -0.1) is 6.61 Å². The molecule has 0 saturated carbocycles. The molecule has 0 bridgehead atoms. The first kappa shape index (κ1) is 9.23. The monoisotopic (exact) mass is 165 g/mol. The maximum atomic E-state index is 10.1. The summed E-state index contributed by atoms with van der Waals surface area (Å²) in [6.45, 7) is 1.13. The fraction of sp³-hybridized carbons (Fsp3) is 0.400. The molecular formula is C10H13O2-. The summed E-state index contributed by atoms with van der Waals surface area (Å²) in [6.07, 6.45) is 0.604. The molecular weight excluding hydrogens is 152 g/mol. The standard InChI is InChI=1S/C10H13O2/c11-7-4-8-12-9-10-5-2-1-3-6-10/h1-3,5-6H,4,7-9H2/q-1.